The lowest BCUT2D eigenvalue weighted by atomic mass is 10.0. The molecular formula is C37H43N3O4S. The number of hydrogen-bond donors (Lipinski definition) is 1. The zero-order valence-corrected chi connectivity index (χ0v) is 27.6. The van der Waals surface area contributed by atoms with Gasteiger partial charge in [0, 0.05) is 19.5 Å². The number of aryl methyl sites for hydroxylation is 3. The van der Waals surface area contributed by atoms with Crippen molar-refractivity contribution in [2.24, 2.45) is 5.92 Å². The molecule has 7 nitrogen and oxygen atoms in total. The monoisotopic (exact) mass is 625 g/mol. The van der Waals surface area contributed by atoms with Crippen LogP contribution in [0.2, 0.25) is 0 Å². The van der Waals surface area contributed by atoms with Crippen LogP contribution in [0.3, 0.4) is 0 Å². The van der Waals surface area contributed by atoms with E-state index in [0.717, 1.165) is 32.1 Å². The van der Waals surface area contributed by atoms with E-state index in [-0.39, 0.29) is 29.7 Å². The van der Waals surface area contributed by atoms with E-state index < -0.39 is 28.5 Å². The van der Waals surface area contributed by atoms with Crippen molar-refractivity contribution in [1.82, 2.24) is 10.2 Å². The second kappa shape index (κ2) is 15.0. The van der Waals surface area contributed by atoms with E-state index in [4.69, 9.17) is 0 Å². The topological polar surface area (TPSA) is 86.8 Å². The summed E-state index contributed by atoms with van der Waals surface area (Å²) in [7, 11) is -4.13. The van der Waals surface area contributed by atoms with Crippen LogP contribution in [0, 0.1) is 26.7 Å². The van der Waals surface area contributed by atoms with E-state index in [2.05, 4.69) is 5.32 Å². The van der Waals surface area contributed by atoms with Crippen molar-refractivity contribution >= 4 is 27.5 Å². The number of nitrogens with one attached hydrogen (secondary N) is 1. The highest BCUT2D eigenvalue weighted by Crippen LogP contribution is 2.27. The average Bonchev–Trinajstić information content (AvgIpc) is 3.03. The number of nitrogens with zero attached hydrogens (tertiary/aromatic N) is 2. The van der Waals surface area contributed by atoms with Gasteiger partial charge in [-0.3, -0.25) is 13.9 Å². The summed E-state index contributed by atoms with van der Waals surface area (Å²) in [5.74, 6) is -0.547. The summed E-state index contributed by atoms with van der Waals surface area (Å²) in [5, 5.41) is 3.02. The number of amides is 2. The van der Waals surface area contributed by atoms with E-state index in [1.54, 1.807) is 30.3 Å². The lowest BCUT2D eigenvalue weighted by molar-refractivity contribution is -0.140. The number of rotatable bonds is 13. The molecule has 0 aromatic heterocycles. The molecule has 4 rings (SSSR count). The second-order valence-electron chi connectivity index (χ2n) is 11.9. The Hall–Kier alpha value is -4.43. The third-order valence-corrected chi connectivity index (χ3v) is 9.61. The van der Waals surface area contributed by atoms with Gasteiger partial charge in [-0.2, -0.15) is 0 Å². The molecular weight excluding hydrogens is 582 g/mol. The van der Waals surface area contributed by atoms with Gasteiger partial charge < -0.3 is 10.2 Å². The first-order valence-corrected chi connectivity index (χ1v) is 16.7. The van der Waals surface area contributed by atoms with Crippen molar-refractivity contribution in [2.45, 2.75) is 58.5 Å². The Kier molecular flexibility index (Phi) is 11.2. The molecule has 1 N–H and O–H groups in total. The molecule has 0 saturated carbocycles. The fraction of sp³-hybridized carbons (Fsp3) is 0.297. The first-order chi connectivity index (χ1) is 21.5. The molecule has 0 aliphatic carbocycles. The molecule has 0 unspecified atom stereocenters. The molecule has 0 spiro atoms. The number of anilines is 1. The van der Waals surface area contributed by atoms with Gasteiger partial charge in [-0.1, -0.05) is 98.3 Å². The van der Waals surface area contributed by atoms with Crippen molar-refractivity contribution in [3.8, 4) is 0 Å². The molecule has 1 atom stereocenters. The maximum Gasteiger partial charge on any atom is 0.264 e. The van der Waals surface area contributed by atoms with E-state index in [1.807, 2.05) is 95.3 Å². The van der Waals surface area contributed by atoms with Crippen LogP contribution < -0.4 is 9.62 Å². The zero-order chi connectivity index (χ0) is 32.6. The summed E-state index contributed by atoms with van der Waals surface area (Å²) < 4.78 is 29.4. The van der Waals surface area contributed by atoms with Crippen molar-refractivity contribution < 1.29 is 18.0 Å². The molecule has 4 aromatic carbocycles. The van der Waals surface area contributed by atoms with Gasteiger partial charge in [-0.05, 0) is 73.2 Å². The second-order valence-corrected chi connectivity index (χ2v) is 13.8. The highest BCUT2D eigenvalue weighted by Gasteiger charge is 2.34. The van der Waals surface area contributed by atoms with Crippen LogP contribution in [-0.2, 0) is 32.6 Å². The highest BCUT2D eigenvalue weighted by molar-refractivity contribution is 7.92. The Morgan fingerprint density at radius 2 is 1.38 bits per heavy atom. The van der Waals surface area contributed by atoms with Gasteiger partial charge >= 0.3 is 0 Å². The van der Waals surface area contributed by atoms with E-state index in [9.17, 15) is 18.0 Å². The molecule has 8 heteroatoms. The predicted molar refractivity (Wildman–Crippen MR) is 180 cm³/mol. The SMILES string of the molecule is Cc1ccc(CN(C(=O)CN(c2ccc(C)c(C)c2)S(=O)(=O)c2ccccc2)[C@@H](Cc2ccccc2)C(=O)NCC(C)C)cc1. The van der Waals surface area contributed by atoms with Crippen LogP contribution >= 0.6 is 0 Å². The van der Waals surface area contributed by atoms with E-state index in [1.165, 1.54) is 17.0 Å². The molecule has 0 heterocycles. The number of carbonyl (C=O) groups excluding carboxylic acids is 2. The molecule has 236 valence electrons. The summed E-state index contributed by atoms with van der Waals surface area (Å²) >= 11 is 0. The zero-order valence-electron chi connectivity index (χ0n) is 26.7. The third-order valence-electron chi connectivity index (χ3n) is 7.82. The quantitative estimate of drug-likeness (QED) is 0.191. The number of hydrogen-bond acceptors (Lipinski definition) is 4. The fourth-order valence-corrected chi connectivity index (χ4v) is 6.42. The average molecular weight is 626 g/mol. The summed E-state index contributed by atoms with van der Waals surface area (Å²) in [6.07, 6.45) is 0.275. The van der Waals surface area contributed by atoms with Crippen LogP contribution in [0.5, 0.6) is 0 Å². The Balaban J connectivity index is 1.80. The number of carbonyl (C=O) groups is 2. The molecule has 0 saturated heterocycles. The summed E-state index contributed by atoms with van der Waals surface area (Å²) in [5.41, 5.74) is 5.10. The minimum Gasteiger partial charge on any atom is -0.354 e. The van der Waals surface area contributed by atoms with Gasteiger partial charge in [0.25, 0.3) is 10.0 Å². The van der Waals surface area contributed by atoms with Gasteiger partial charge in [-0.15, -0.1) is 0 Å². The third kappa shape index (κ3) is 8.82. The molecule has 0 fully saturated rings. The lowest BCUT2D eigenvalue weighted by Gasteiger charge is -2.34. The predicted octanol–water partition coefficient (Wildman–Crippen LogP) is 6.22. The molecule has 4 aromatic rings. The first kappa shape index (κ1) is 33.5. The standard InChI is InChI=1S/C37H43N3O4S/c1-27(2)24-38-37(42)35(23-31-12-8-6-9-13-31)39(25-32-19-16-28(3)17-20-32)36(41)26-40(33-21-18-29(4)30(5)22-33)45(43,44)34-14-10-7-11-15-34/h6-22,27,35H,23-26H2,1-5H3,(H,38,42)/t35-/m0/s1. The minimum absolute atomic E-state index is 0.0802. The Morgan fingerprint density at radius 3 is 1.98 bits per heavy atom. The van der Waals surface area contributed by atoms with Gasteiger partial charge in [-0.25, -0.2) is 8.42 Å². The molecule has 0 aliphatic heterocycles. The molecule has 45 heavy (non-hydrogen) atoms. The van der Waals surface area contributed by atoms with E-state index >= 15 is 0 Å². The molecule has 0 bridgehead atoms. The van der Waals surface area contributed by atoms with Crippen LogP contribution in [-0.4, -0.2) is 44.3 Å². The van der Waals surface area contributed by atoms with E-state index in [0.29, 0.717) is 12.2 Å². The molecule has 0 radical (unpaired) electrons. The van der Waals surface area contributed by atoms with Crippen LogP contribution in [0.25, 0.3) is 0 Å². The largest absolute Gasteiger partial charge is 0.354 e. The Bertz CT molecular complexity index is 1690. The van der Waals surface area contributed by atoms with Gasteiger partial charge in [0.05, 0.1) is 10.6 Å². The summed E-state index contributed by atoms with van der Waals surface area (Å²) in [6, 6.07) is 29.9. The van der Waals surface area contributed by atoms with Crippen LogP contribution in [0.15, 0.2) is 108 Å². The first-order valence-electron chi connectivity index (χ1n) is 15.3. The number of sulfonamides is 1. The van der Waals surface area contributed by atoms with Crippen molar-refractivity contribution in [1.29, 1.82) is 0 Å². The van der Waals surface area contributed by atoms with Crippen molar-refractivity contribution in [2.75, 3.05) is 17.4 Å². The Labute approximate surface area is 268 Å². The minimum atomic E-state index is -4.13. The van der Waals surface area contributed by atoms with Gasteiger partial charge in [0.15, 0.2) is 0 Å². The maximum atomic E-state index is 14.5. The lowest BCUT2D eigenvalue weighted by Crippen LogP contribution is -2.53. The Morgan fingerprint density at radius 1 is 0.756 bits per heavy atom. The molecule has 0 aliphatic rings. The van der Waals surface area contributed by atoms with Crippen molar-refractivity contribution in [3.05, 3.63) is 131 Å². The fourth-order valence-electron chi connectivity index (χ4n) is 5.00. The maximum absolute atomic E-state index is 14.5. The van der Waals surface area contributed by atoms with Gasteiger partial charge in [0.1, 0.15) is 12.6 Å². The molecule has 2 amide bonds. The smallest absolute Gasteiger partial charge is 0.264 e. The summed E-state index contributed by atoms with van der Waals surface area (Å²) in [6.45, 7) is 9.98. The summed E-state index contributed by atoms with van der Waals surface area (Å²) in [4.78, 5) is 30.0. The normalized spacial score (nSPS) is 12.0. The number of benzene rings is 4. The van der Waals surface area contributed by atoms with Crippen molar-refractivity contribution in [3.63, 3.8) is 0 Å². The van der Waals surface area contributed by atoms with Gasteiger partial charge in [0.2, 0.25) is 11.8 Å². The van der Waals surface area contributed by atoms with Crippen LogP contribution in [0.4, 0.5) is 5.69 Å². The van der Waals surface area contributed by atoms with Crippen LogP contribution in [0.1, 0.15) is 41.7 Å². The highest BCUT2D eigenvalue weighted by atomic mass is 32.2.